The molecular formula is C14H18F3NO2. The van der Waals surface area contributed by atoms with Crippen molar-refractivity contribution in [2.45, 2.75) is 33.4 Å². The molecule has 0 aliphatic carbocycles. The van der Waals surface area contributed by atoms with E-state index in [4.69, 9.17) is 10.5 Å². The predicted molar refractivity (Wildman–Crippen MR) is 70.2 cm³/mol. The van der Waals surface area contributed by atoms with Gasteiger partial charge in [0.05, 0.1) is 17.7 Å². The molecule has 0 saturated heterocycles. The normalized spacial score (nSPS) is 12.3. The molecule has 3 nitrogen and oxygen atoms in total. The fraction of sp³-hybridized carbons (Fsp3) is 0.500. The van der Waals surface area contributed by atoms with Crippen molar-refractivity contribution >= 4 is 11.7 Å². The third-order valence-electron chi connectivity index (χ3n) is 2.68. The molecule has 2 N–H and O–H groups in total. The zero-order valence-corrected chi connectivity index (χ0v) is 11.7. The lowest BCUT2D eigenvalue weighted by Gasteiger charge is -2.17. The molecule has 0 aromatic heterocycles. The molecule has 1 aromatic rings. The topological polar surface area (TPSA) is 52.3 Å². The summed E-state index contributed by atoms with van der Waals surface area (Å²) in [4.78, 5) is 11.7. The number of ether oxygens (including phenoxy) is 1. The van der Waals surface area contributed by atoms with Crippen LogP contribution in [0.3, 0.4) is 0 Å². The van der Waals surface area contributed by atoms with E-state index in [1.165, 1.54) is 0 Å². The predicted octanol–water partition coefficient (Wildman–Crippen LogP) is 3.88. The van der Waals surface area contributed by atoms with Crippen LogP contribution in [0.5, 0.6) is 0 Å². The van der Waals surface area contributed by atoms with Crippen LogP contribution in [0.4, 0.5) is 18.9 Å². The molecular weight excluding hydrogens is 271 g/mol. The minimum atomic E-state index is -4.48. The molecule has 6 heteroatoms. The average molecular weight is 289 g/mol. The number of esters is 1. The Bertz CT molecular complexity index is 490. The monoisotopic (exact) mass is 289 g/mol. The summed E-state index contributed by atoms with van der Waals surface area (Å²) in [6.45, 7) is 6.18. The number of hydrogen-bond donors (Lipinski definition) is 1. The number of hydrogen-bond acceptors (Lipinski definition) is 3. The van der Waals surface area contributed by atoms with Crippen LogP contribution in [-0.2, 0) is 10.9 Å². The van der Waals surface area contributed by atoms with Gasteiger partial charge in [0.15, 0.2) is 0 Å². The van der Waals surface area contributed by atoms with E-state index < -0.39 is 17.7 Å². The Balaban J connectivity index is 2.75. The standard InChI is InChI=1S/C14H18F3NO2/c1-13(2,3)6-7-20-12(19)10-5-4-9(8-11(10)18)14(15,16)17/h4-5,8H,6-7,18H2,1-3H3. The zero-order valence-electron chi connectivity index (χ0n) is 11.7. The minimum Gasteiger partial charge on any atom is -0.462 e. The van der Waals surface area contributed by atoms with E-state index >= 15 is 0 Å². The molecule has 1 aromatic carbocycles. The van der Waals surface area contributed by atoms with Gasteiger partial charge in [-0.05, 0) is 30.0 Å². The van der Waals surface area contributed by atoms with Crippen molar-refractivity contribution < 1.29 is 22.7 Å². The van der Waals surface area contributed by atoms with Crippen LogP contribution in [0.25, 0.3) is 0 Å². The Morgan fingerprint density at radius 1 is 1.25 bits per heavy atom. The number of halogens is 3. The van der Waals surface area contributed by atoms with Crippen LogP contribution in [0.15, 0.2) is 18.2 Å². The summed E-state index contributed by atoms with van der Waals surface area (Å²) in [5.74, 6) is -0.708. The van der Waals surface area contributed by atoms with Gasteiger partial charge in [0.25, 0.3) is 0 Å². The largest absolute Gasteiger partial charge is 0.462 e. The fourth-order valence-corrected chi connectivity index (χ4v) is 1.45. The molecule has 0 amide bonds. The van der Waals surface area contributed by atoms with E-state index in [0.717, 1.165) is 18.2 Å². The number of rotatable bonds is 3. The van der Waals surface area contributed by atoms with Gasteiger partial charge in [-0.15, -0.1) is 0 Å². The van der Waals surface area contributed by atoms with Crippen molar-refractivity contribution in [1.82, 2.24) is 0 Å². The summed E-state index contributed by atoms with van der Waals surface area (Å²) in [5, 5.41) is 0. The maximum atomic E-state index is 12.5. The first-order chi connectivity index (χ1) is 9.00. The Morgan fingerprint density at radius 3 is 2.30 bits per heavy atom. The first kappa shape index (κ1) is 16.3. The van der Waals surface area contributed by atoms with Crippen molar-refractivity contribution in [3.8, 4) is 0 Å². The van der Waals surface area contributed by atoms with Crippen LogP contribution in [-0.4, -0.2) is 12.6 Å². The molecule has 0 atom stereocenters. The number of nitrogen functional groups attached to an aromatic ring is 1. The van der Waals surface area contributed by atoms with Crippen LogP contribution in [0, 0.1) is 5.41 Å². The highest BCUT2D eigenvalue weighted by atomic mass is 19.4. The molecule has 1 rings (SSSR count). The fourth-order valence-electron chi connectivity index (χ4n) is 1.45. The third-order valence-corrected chi connectivity index (χ3v) is 2.68. The molecule has 0 saturated carbocycles. The molecule has 0 spiro atoms. The smallest absolute Gasteiger partial charge is 0.416 e. The Hall–Kier alpha value is -1.72. The summed E-state index contributed by atoms with van der Waals surface area (Å²) in [6, 6.07) is 2.59. The average Bonchev–Trinajstić information content (AvgIpc) is 2.25. The van der Waals surface area contributed by atoms with Gasteiger partial charge < -0.3 is 10.5 Å². The molecule has 20 heavy (non-hydrogen) atoms. The van der Waals surface area contributed by atoms with E-state index in [9.17, 15) is 18.0 Å². The molecule has 0 heterocycles. The first-order valence-electron chi connectivity index (χ1n) is 6.14. The molecule has 0 fully saturated rings. The van der Waals surface area contributed by atoms with Gasteiger partial charge in [-0.1, -0.05) is 20.8 Å². The van der Waals surface area contributed by atoms with Crippen molar-refractivity contribution in [2.24, 2.45) is 5.41 Å². The van der Waals surface area contributed by atoms with E-state index in [1.54, 1.807) is 0 Å². The van der Waals surface area contributed by atoms with Gasteiger partial charge in [-0.3, -0.25) is 0 Å². The number of benzene rings is 1. The van der Waals surface area contributed by atoms with E-state index in [0.29, 0.717) is 6.42 Å². The summed E-state index contributed by atoms with van der Waals surface area (Å²) in [6.07, 6.45) is -3.83. The summed E-state index contributed by atoms with van der Waals surface area (Å²) in [5.41, 5.74) is 4.31. The first-order valence-corrected chi connectivity index (χ1v) is 6.14. The van der Waals surface area contributed by atoms with Crippen LogP contribution in [0.1, 0.15) is 43.1 Å². The molecule has 0 bridgehead atoms. The van der Waals surface area contributed by atoms with E-state index in [1.807, 2.05) is 20.8 Å². The Kier molecular flexibility index (Phi) is 4.68. The maximum Gasteiger partial charge on any atom is 0.416 e. The van der Waals surface area contributed by atoms with E-state index in [-0.39, 0.29) is 23.3 Å². The minimum absolute atomic E-state index is 0.00592. The van der Waals surface area contributed by atoms with Gasteiger partial charge in [-0.25, -0.2) is 4.79 Å². The molecule has 0 unspecified atom stereocenters. The summed E-state index contributed by atoms with van der Waals surface area (Å²) < 4.78 is 42.4. The van der Waals surface area contributed by atoms with Gasteiger partial charge in [0.2, 0.25) is 0 Å². The number of carbonyl (C=O) groups is 1. The quantitative estimate of drug-likeness (QED) is 0.678. The zero-order chi connectivity index (χ0) is 15.6. The van der Waals surface area contributed by atoms with Crippen molar-refractivity contribution in [2.75, 3.05) is 12.3 Å². The Labute approximate surface area is 115 Å². The van der Waals surface area contributed by atoms with Crippen molar-refractivity contribution in [3.05, 3.63) is 29.3 Å². The molecule has 0 aliphatic heterocycles. The second kappa shape index (κ2) is 5.73. The summed E-state index contributed by atoms with van der Waals surface area (Å²) in [7, 11) is 0. The SMILES string of the molecule is CC(C)(C)CCOC(=O)c1ccc(C(F)(F)F)cc1N. The van der Waals surface area contributed by atoms with Gasteiger partial charge in [0, 0.05) is 5.69 Å². The number of alkyl halides is 3. The van der Waals surface area contributed by atoms with Gasteiger partial charge in [0.1, 0.15) is 0 Å². The van der Waals surface area contributed by atoms with Crippen LogP contribution >= 0.6 is 0 Å². The highest BCUT2D eigenvalue weighted by Crippen LogP contribution is 2.31. The summed E-state index contributed by atoms with van der Waals surface area (Å²) >= 11 is 0. The molecule has 112 valence electrons. The lowest BCUT2D eigenvalue weighted by atomic mass is 9.93. The van der Waals surface area contributed by atoms with E-state index in [2.05, 4.69) is 0 Å². The molecule has 0 aliphatic rings. The number of anilines is 1. The third kappa shape index (κ3) is 4.75. The lowest BCUT2D eigenvalue weighted by molar-refractivity contribution is -0.137. The maximum absolute atomic E-state index is 12.5. The highest BCUT2D eigenvalue weighted by molar-refractivity contribution is 5.95. The van der Waals surface area contributed by atoms with Crippen LogP contribution in [0.2, 0.25) is 0 Å². The van der Waals surface area contributed by atoms with Crippen molar-refractivity contribution in [1.29, 1.82) is 0 Å². The number of nitrogens with two attached hydrogens (primary N) is 1. The Morgan fingerprint density at radius 2 is 1.85 bits per heavy atom. The van der Waals surface area contributed by atoms with Gasteiger partial charge in [-0.2, -0.15) is 13.2 Å². The lowest BCUT2D eigenvalue weighted by Crippen LogP contribution is -2.15. The van der Waals surface area contributed by atoms with Crippen LogP contribution < -0.4 is 5.73 Å². The number of carbonyl (C=O) groups excluding carboxylic acids is 1. The van der Waals surface area contributed by atoms with Crippen molar-refractivity contribution in [3.63, 3.8) is 0 Å². The molecule has 0 radical (unpaired) electrons. The second-order valence-electron chi connectivity index (χ2n) is 5.75. The second-order valence-corrected chi connectivity index (χ2v) is 5.75. The highest BCUT2D eigenvalue weighted by Gasteiger charge is 2.31. The van der Waals surface area contributed by atoms with Gasteiger partial charge >= 0.3 is 12.1 Å².